The molecular weight excluding hydrogens is 224 g/mol. The molecule has 1 saturated carbocycles. The summed E-state index contributed by atoms with van der Waals surface area (Å²) in [5.41, 5.74) is 0. The zero-order chi connectivity index (χ0) is 13.0. The number of piperidine rings is 1. The Morgan fingerprint density at radius 2 is 1.72 bits per heavy atom. The molecule has 0 aromatic heterocycles. The molecule has 1 heterocycles. The Bertz CT molecular complexity index is 238. The van der Waals surface area contributed by atoms with E-state index < -0.39 is 0 Å². The van der Waals surface area contributed by atoms with Crippen LogP contribution in [0.4, 0.5) is 0 Å². The molecule has 2 aliphatic rings. The second-order valence-corrected chi connectivity index (χ2v) is 6.48. The summed E-state index contributed by atoms with van der Waals surface area (Å²) in [6.07, 6.45) is 8.04. The first-order chi connectivity index (χ1) is 8.63. The van der Waals surface area contributed by atoms with E-state index in [1.54, 1.807) is 0 Å². The summed E-state index contributed by atoms with van der Waals surface area (Å²) in [7, 11) is 2.17. The van der Waals surface area contributed by atoms with E-state index >= 15 is 0 Å². The van der Waals surface area contributed by atoms with Crippen LogP contribution < -0.4 is 5.32 Å². The van der Waals surface area contributed by atoms with Gasteiger partial charge in [-0.15, -0.1) is 0 Å². The quantitative estimate of drug-likeness (QED) is 0.836. The summed E-state index contributed by atoms with van der Waals surface area (Å²) in [5, 5.41) is 3.25. The van der Waals surface area contributed by atoms with E-state index in [9.17, 15) is 4.79 Å². The number of amides is 1. The van der Waals surface area contributed by atoms with Crippen molar-refractivity contribution in [3.8, 4) is 0 Å². The summed E-state index contributed by atoms with van der Waals surface area (Å²) in [6, 6.07) is 0.458. The lowest BCUT2D eigenvalue weighted by Gasteiger charge is -2.30. The molecule has 0 spiro atoms. The predicted molar refractivity (Wildman–Crippen MR) is 74.4 cm³/mol. The monoisotopic (exact) mass is 252 g/mol. The topological polar surface area (TPSA) is 32.3 Å². The maximum absolute atomic E-state index is 12.0. The molecule has 2 rings (SSSR count). The van der Waals surface area contributed by atoms with Crippen molar-refractivity contribution >= 4 is 5.91 Å². The van der Waals surface area contributed by atoms with E-state index in [0.717, 1.165) is 25.4 Å². The average Bonchev–Trinajstić information content (AvgIpc) is 2.35. The Labute approximate surface area is 111 Å². The molecule has 0 atom stereocenters. The van der Waals surface area contributed by atoms with E-state index in [1.807, 2.05) is 0 Å². The van der Waals surface area contributed by atoms with Crippen molar-refractivity contribution in [3.05, 3.63) is 0 Å². The average molecular weight is 252 g/mol. The minimum Gasteiger partial charge on any atom is -0.353 e. The minimum absolute atomic E-state index is 0.295. The molecule has 2 fully saturated rings. The van der Waals surface area contributed by atoms with Crippen LogP contribution >= 0.6 is 0 Å². The first kappa shape index (κ1) is 13.9. The highest BCUT2D eigenvalue weighted by molar-refractivity contribution is 5.76. The van der Waals surface area contributed by atoms with Crippen LogP contribution in [0.5, 0.6) is 0 Å². The molecule has 3 heteroatoms. The Morgan fingerprint density at radius 1 is 1.11 bits per heavy atom. The summed E-state index contributed by atoms with van der Waals surface area (Å²) in [5.74, 6) is 1.76. The van der Waals surface area contributed by atoms with Crippen LogP contribution in [0.25, 0.3) is 0 Å². The van der Waals surface area contributed by atoms with Crippen LogP contribution in [-0.2, 0) is 4.79 Å². The molecule has 104 valence electrons. The first-order valence-electron chi connectivity index (χ1n) is 7.61. The SMILES string of the molecule is CC1CCC(NC(=O)CC2CCN(C)CC2)CC1. The second-order valence-electron chi connectivity index (χ2n) is 6.48. The van der Waals surface area contributed by atoms with E-state index in [1.165, 1.54) is 38.5 Å². The fourth-order valence-corrected chi connectivity index (χ4v) is 3.22. The van der Waals surface area contributed by atoms with Crippen molar-refractivity contribution in [2.45, 2.75) is 57.9 Å². The van der Waals surface area contributed by atoms with Crippen LogP contribution in [0.3, 0.4) is 0 Å². The van der Waals surface area contributed by atoms with Crippen molar-refractivity contribution in [2.75, 3.05) is 20.1 Å². The number of likely N-dealkylation sites (tertiary alicyclic amines) is 1. The van der Waals surface area contributed by atoms with Gasteiger partial charge in [0.05, 0.1) is 0 Å². The lowest BCUT2D eigenvalue weighted by Crippen LogP contribution is -2.39. The van der Waals surface area contributed by atoms with E-state index in [0.29, 0.717) is 17.9 Å². The van der Waals surface area contributed by atoms with Gasteiger partial charge in [-0.2, -0.15) is 0 Å². The van der Waals surface area contributed by atoms with Crippen molar-refractivity contribution < 1.29 is 4.79 Å². The van der Waals surface area contributed by atoms with Gasteiger partial charge in [0.15, 0.2) is 0 Å². The number of rotatable bonds is 3. The Balaban J connectivity index is 1.66. The van der Waals surface area contributed by atoms with Gasteiger partial charge in [-0.25, -0.2) is 0 Å². The van der Waals surface area contributed by atoms with Crippen molar-refractivity contribution in [1.82, 2.24) is 10.2 Å². The summed E-state index contributed by atoms with van der Waals surface area (Å²) < 4.78 is 0. The normalized spacial score (nSPS) is 31.2. The molecule has 0 unspecified atom stereocenters. The summed E-state index contributed by atoms with van der Waals surface area (Å²) >= 11 is 0. The highest BCUT2D eigenvalue weighted by Gasteiger charge is 2.23. The van der Waals surface area contributed by atoms with Gasteiger partial charge in [-0.3, -0.25) is 4.79 Å². The standard InChI is InChI=1S/C15H28N2O/c1-12-3-5-14(6-4-12)16-15(18)11-13-7-9-17(2)10-8-13/h12-14H,3-11H2,1-2H3,(H,16,18). The molecule has 3 nitrogen and oxygen atoms in total. The van der Waals surface area contributed by atoms with Gasteiger partial charge in [-0.1, -0.05) is 6.92 Å². The maximum Gasteiger partial charge on any atom is 0.220 e. The van der Waals surface area contributed by atoms with Crippen LogP contribution in [-0.4, -0.2) is 37.0 Å². The fourth-order valence-electron chi connectivity index (χ4n) is 3.22. The van der Waals surface area contributed by atoms with E-state index in [2.05, 4.69) is 24.2 Å². The van der Waals surface area contributed by atoms with Crippen LogP contribution in [0.15, 0.2) is 0 Å². The minimum atomic E-state index is 0.295. The van der Waals surface area contributed by atoms with Crippen LogP contribution in [0.1, 0.15) is 51.9 Å². The molecule has 1 aliphatic carbocycles. The number of hydrogen-bond acceptors (Lipinski definition) is 2. The fraction of sp³-hybridized carbons (Fsp3) is 0.933. The van der Waals surface area contributed by atoms with Crippen LogP contribution in [0, 0.1) is 11.8 Å². The van der Waals surface area contributed by atoms with Gasteiger partial charge in [-0.05, 0) is 70.5 Å². The number of nitrogens with one attached hydrogen (secondary N) is 1. The van der Waals surface area contributed by atoms with E-state index in [4.69, 9.17) is 0 Å². The van der Waals surface area contributed by atoms with Gasteiger partial charge in [0.2, 0.25) is 5.91 Å². The van der Waals surface area contributed by atoms with Gasteiger partial charge in [0.1, 0.15) is 0 Å². The van der Waals surface area contributed by atoms with E-state index in [-0.39, 0.29) is 0 Å². The van der Waals surface area contributed by atoms with Crippen molar-refractivity contribution in [2.24, 2.45) is 11.8 Å². The molecule has 0 radical (unpaired) electrons. The Kier molecular flexibility index (Phi) is 5.04. The zero-order valence-electron chi connectivity index (χ0n) is 12.0. The lowest BCUT2D eigenvalue weighted by molar-refractivity contribution is -0.123. The van der Waals surface area contributed by atoms with Gasteiger partial charge in [0.25, 0.3) is 0 Å². The first-order valence-corrected chi connectivity index (χ1v) is 7.61. The number of hydrogen-bond donors (Lipinski definition) is 1. The third-order valence-electron chi connectivity index (χ3n) is 4.69. The molecule has 18 heavy (non-hydrogen) atoms. The third-order valence-corrected chi connectivity index (χ3v) is 4.69. The number of nitrogens with zero attached hydrogens (tertiary/aromatic N) is 1. The maximum atomic E-state index is 12.0. The molecule has 0 aromatic carbocycles. The van der Waals surface area contributed by atoms with Crippen molar-refractivity contribution in [1.29, 1.82) is 0 Å². The van der Waals surface area contributed by atoms with Crippen LogP contribution in [0.2, 0.25) is 0 Å². The molecule has 1 saturated heterocycles. The number of carbonyl (C=O) groups is 1. The third kappa shape index (κ3) is 4.27. The molecular formula is C15H28N2O. The molecule has 1 N–H and O–H groups in total. The van der Waals surface area contributed by atoms with Crippen molar-refractivity contribution in [3.63, 3.8) is 0 Å². The molecule has 0 aromatic rings. The second kappa shape index (κ2) is 6.55. The zero-order valence-corrected chi connectivity index (χ0v) is 12.0. The Hall–Kier alpha value is -0.570. The summed E-state index contributed by atoms with van der Waals surface area (Å²) in [6.45, 7) is 4.62. The highest BCUT2D eigenvalue weighted by atomic mass is 16.1. The van der Waals surface area contributed by atoms with Gasteiger partial charge >= 0.3 is 0 Å². The summed E-state index contributed by atoms with van der Waals surface area (Å²) in [4.78, 5) is 14.4. The molecule has 0 bridgehead atoms. The lowest BCUT2D eigenvalue weighted by atomic mass is 9.87. The van der Waals surface area contributed by atoms with Gasteiger partial charge < -0.3 is 10.2 Å². The highest BCUT2D eigenvalue weighted by Crippen LogP contribution is 2.24. The Morgan fingerprint density at radius 3 is 2.33 bits per heavy atom. The smallest absolute Gasteiger partial charge is 0.220 e. The molecule has 1 aliphatic heterocycles. The predicted octanol–water partition coefficient (Wildman–Crippen LogP) is 2.41. The number of carbonyl (C=O) groups excluding carboxylic acids is 1. The largest absolute Gasteiger partial charge is 0.353 e. The van der Waals surface area contributed by atoms with Gasteiger partial charge in [0, 0.05) is 12.5 Å². The molecule has 1 amide bonds.